The third-order valence-electron chi connectivity index (χ3n) is 6.37. The lowest BCUT2D eigenvalue weighted by molar-refractivity contribution is -0.135. The second-order valence-corrected chi connectivity index (χ2v) is 10.7. The number of rotatable bonds is 5. The number of amides is 1. The van der Waals surface area contributed by atoms with E-state index in [1.165, 1.54) is 30.7 Å². The number of likely N-dealkylation sites (tertiary alicyclic amines) is 2. The van der Waals surface area contributed by atoms with E-state index in [0.717, 1.165) is 61.0 Å². The second-order valence-electron chi connectivity index (χ2n) is 9.28. The maximum atomic E-state index is 13.6. The van der Waals surface area contributed by atoms with E-state index in [0.29, 0.717) is 19.2 Å². The summed E-state index contributed by atoms with van der Waals surface area (Å²) >= 11 is 0. The van der Waals surface area contributed by atoms with E-state index in [1.54, 1.807) is 24.3 Å². The number of benzene rings is 2. The number of carbonyl (C=O) groups is 1. The number of nitrogens with zero attached hydrogens (tertiary/aromatic N) is 2. The van der Waals surface area contributed by atoms with Crippen LogP contribution in [-0.2, 0) is 14.9 Å². The molecule has 1 N–H and O–H groups in total. The van der Waals surface area contributed by atoms with Crippen molar-refractivity contribution in [3.63, 3.8) is 0 Å². The van der Waals surface area contributed by atoms with Crippen molar-refractivity contribution in [1.82, 2.24) is 9.80 Å². The highest BCUT2D eigenvalue weighted by Gasteiger charge is 2.37. The van der Waals surface area contributed by atoms with Gasteiger partial charge in [-0.15, -0.1) is 0 Å². The Balaban J connectivity index is 0.000000658. The number of halogens is 2. The third kappa shape index (κ3) is 7.94. The molecular formula is C27H34F2N2O4S. The van der Waals surface area contributed by atoms with Crippen molar-refractivity contribution in [2.24, 2.45) is 0 Å². The molecule has 0 radical (unpaired) electrons. The monoisotopic (exact) mass is 520 g/mol. The van der Waals surface area contributed by atoms with Crippen LogP contribution in [0.15, 0.2) is 54.1 Å². The van der Waals surface area contributed by atoms with Crippen molar-refractivity contribution >= 4 is 21.6 Å². The van der Waals surface area contributed by atoms with Crippen LogP contribution < -0.4 is 0 Å². The molecule has 0 spiro atoms. The summed E-state index contributed by atoms with van der Waals surface area (Å²) in [6.07, 6.45) is 6.47. The zero-order valence-corrected chi connectivity index (χ0v) is 21.6. The molecule has 0 aliphatic carbocycles. The standard InChI is InChI=1S/C26H30F2N2O.CH4O3S/c1-2-6-25(31)30-18-21(17-24(30)29-15-4-3-5-16-29)26(19-7-11-22(27)12-8-19)20-9-13-23(28)14-10-20;1-5(2,3)4/h7-14,24H,2-6,15-18H2,1H3;1H3,(H,2,3,4). The number of piperidine rings is 1. The van der Waals surface area contributed by atoms with Crippen LogP contribution in [0.4, 0.5) is 8.78 Å². The molecule has 2 aliphatic heterocycles. The summed E-state index contributed by atoms with van der Waals surface area (Å²) in [5.74, 6) is -0.389. The Morgan fingerprint density at radius 1 is 0.944 bits per heavy atom. The molecule has 0 saturated carbocycles. The van der Waals surface area contributed by atoms with Crippen LogP contribution in [0, 0.1) is 11.6 Å². The van der Waals surface area contributed by atoms with Crippen LogP contribution in [0.3, 0.4) is 0 Å². The van der Waals surface area contributed by atoms with E-state index in [1.807, 2.05) is 11.8 Å². The Labute approximate surface area is 212 Å². The van der Waals surface area contributed by atoms with Gasteiger partial charge in [-0.25, -0.2) is 8.78 Å². The van der Waals surface area contributed by atoms with Crippen molar-refractivity contribution in [2.75, 3.05) is 25.9 Å². The van der Waals surface area contributed by atoms with Gasteiger partial charge in [0.15, 0.2) is 0 Å². The molecule has 0 aromatic heterocycles. The lowest BCUT2D eigenvalue weighted by Gasteiger charge is -2.37. The smallest absolute Gasteiger partial charge is 0.261 e. The van der Waals surface area contributed by atoms with Crippen LogP contribution >= 0.6 is 0 Å². The fourth-order valence-electron chi connectivity index (χ4n) is 4.85. The molecule has 1 amide bonds. The Kier molecular flexibility index (Phi) is 9.76. The van der Waals surface area contributed by atoms with Gasteiger partial charge < -0.3 is 4.90 Å². The Bertz CT molecular complexity index is 1100. The highest BCUT2D eigenvalue weighted by molar-refractivity contribution is 7.85. The molecule has 36 heavy (non-hydrogen) atoms. The maximum absolute atomic E-state index is 13.6. The molecule has 1 atom stereocenters. The molecule has 2 fully saturated rings. The molecule has 1 unspecified atom stereocenters. The first-order valence-corrected chi connectivity index (χ1v) is 14.1. The van der Waals surface area contributed by atoms with Gasteiger partial charge in [-0.2, -0.15) is 8.42 Å². The molecule has 196 valence electrons. The van der Waals surface area contributed by atoms with Gasteiger partial charge in [0.2, 0.25) is 5.91 Å². The predicted octanol–water partition coefficient (Wildman–Crippen LogP) is 5.12. The molecule has 0 bridgehead atoms. The summed E-state index contributed by atoms with van der Waals surface area (Å²) in [6, 6.07) is 12.9. The van der Waals surface area contributed by atoms with E-state index in [2.05, 4.69) is 4.90 Å². The Morgan fingerprint density at radius 3 is 1.86 bits per heavy atom. The van der Waals surface area contributed by atoms with E-state index in [-0.39, 0.29) is 23.7 Å². The molecule has 2 saturated heterocycles. The largest absolute Gasteiger partial charge is 0.323 e. The summed E-state index contributed by atoms with van der Waals surface area (Å²) < 4.78 is 53.1. The minimum Gasteiger partial charge on any atom is -0.323 e. The lowest BCUT2D eigenvalue weighted by Crippen LogP contribution is -2.49. The summed E-state index contributed by atoms with van der Waals surface area (Å²) in [6.45, 7) is 4.61. The molecular weight excluding hydrogens is 486 g/mol. The number of hydrogen-bond acceptors (Lipinski definition) is 4. The van der Waals surface area contributed by atoms with Crippen LogP contribution in [0.1, 0.15) is 56.6 Å². The van der Waals surface area contributed by atoms with Gasteiger partial charge >= 0.3 is 0 Å². The van der Waals surface area contributed by atoms with Gasteiger partial charge in [-0.1, -0.05) is 37.6 Å². The fourth-order valence-corrected chi connectivity index (χ4v) is 4.85. The Hall–Kier alpha value is -2.62. The van der Waals surface area contributed by atoms with Gasteiger partial charge in [0, 0.05) is 32.5 Å². The zero-order chi connectivity index (χ0) is 26.3. The summed E-state index contributed by atoms with van der Waals surface area (Å²) in [7, 11) is -3.67. The van der Waals surface area contributed by atoms with Crippen molar-refractivity contribution in [3.8, 4) is 0 Å². The van der Waals surface area contributed by atoms with Crippen LogP contribution in [0.5, 0.6) is 0 Å². The molecule has 9 heteroatoms. The third-order valence-corrected chi connectivity index (χ3v) is 6.37. The van der Waals surface area contributed by atoms with E-state index < -0.39 is 10.1 Å². The summed E-state index contributed by atoms with van der Waals surface area (Å²) in [4.78, 5) is 17.5. The molecule has 2 heterocycles. The highest BCUT2D eigenvalue weighted by atomic mass is 32.2. The first-order valence-electron chi connectivity index (χ1n) is 12.3. The van der Waals surface area contributed by atoms with Gasteiger partial charge in [0.25, 0.3) is 10.1 Å². The van der Waals surface area contributed by atoms with Gasteiger partial charge in [0.1, 0.15) is 11.6 Å². The highest BCUT2D eigenvalue weighted by Crippen LogP contribution is 2.36. The number of carbonyl (C=O) groups excluding carboxylic acids is 1. The van der Waals surface area contributed by atoms with Gasteiger partial charge in [-0.05, 0) is 65.8 Å². The molecule has 4 rings (SSSR count). The zero-order valence-electron chi connectivity index (χ0n) is 20.8. The normalized spacial score (nSPS) is 18.5. The van der Waals surface area contributed by atoms with Crippen molar-refractivity contribution in [2.45, 2.75) is 51.6 Å². The van der Waals surface area contributed by atoms with Gasteiger partial charge in [0.05, 0.1) is 12.4 Å². The fraction of sp³-hybridized carbons (Fsp3) is 0.444. The first kappa shape index (κ1) is 28.0. The second kappa shape index (κ2) is 12.6. The maximum Gasteiger partial charge on any atom is 0.261 e. The molecule has 6 nitrogen and oxygen atoms in total. The molecule has 2 aliphatic rings. The Morgan fingerprint density at radius 2 is 1.42 bits per heavy atom. The topological polar surface area (TPSA) is 77.9 Å². The minimum atomic E-state index is -3.67. The summed E-state index contributed by atoms with van der Waals surface area (Å²) in [5, 5.41) is 0. The lowest BCUT2D eigenvalue weighted by atomic mass is 9.92. The SMILES string of the molecule is CCCC(=O)N1CC(=C(c2ccc(F)cc2)c2ccc(F)cc2)CC1N1CCCCC1.CS(=O)(=O)O. The van der Waals surface area contributed by atoms with Gasteiger partial charge in [-0.3, -0.25) is 14.2 Å². The van der Waals surface area contributed by atoms with Crippen molar-refractivity contribution < 1.29 is 26.5 Å². The average molecular weight is 521 g/mol. The molecule has 2 aromatic rings. The number of hydrogen-bond donors (Lipinski definition) is 1. The molecule has 2 aromatic carbocycles. The van der Waals surface area contributed by atoms with Crippen LogP contribution in [-0.4, -0.2) is 60.7 Å². The van der Waals surface area contributed by atoms with E-state index >= 15 is 0 Å². The predicted molar refractivity (Wildman–Crippen MR) is 137 cm³/mol. The van der Waals surface area contributed by atoms with E-state index in [9.17, 15) is 22.0 Å². The van der Waals surface area contributed by atoms with Crippen molar-refractivity contribution in [1.29, 1.82) is 0 Å². The quantitative estimate of drug-likeness (QED) is 0.554. The first-order chi connectivity index (χ1) is 17.1. The van der Waals surface area contributed by atoms with Crippen molar-refractivity contribution in [3.05, 3.63) is 76.9 Å². The van der Waals surface area contributed by atoms with Crippen LogP contribution in [0.2, 0.25) is 0 Å². The summed E-state index contributed by atoms with van der Waals surface area (Å²) in [5.41, 5.74) is 3.92. The average Bonchev–Trinajstić information content (AvgIpc) is 3.27. The van der Waals surface area contributed by atoms with Crippen LogP contribution in [0.25, 0.3) is 5.57 Å². The minimum absolute atomic E-state index is 0.0604. The van der Waals surface area contributed by atoms with E-state index in [4.69, 9.17) is 4.55 Å².